The number of carboxylic acid groups (broad SMARTS) is 2. The van der Waals surface area contributed by atoms with Gasteiger partial charge in [0.15, 0.2) is 0 Å². The molecule has 12 nitrogen and oxygen atoms in total. The van der Waals surface area contributed by atoms with Crippen LogP contribution in [0.25, 0.3) is 10.9 Å². The Morgan fingerprint density at radius 2 is 1.66 bits per heavy atom. The highest BCUT2D eigenvalue weighted by Crippen LogP contribution is 2.23. The fourth-order valence-corrected chi connectivity index (χ4v) is 5.11. The van der Waals surface area contributed by atoms with Crippen molar-refractivity contribution in [1.29, 1.82) is 0 Å². The van der Waals surface area contributed by atoms with Gasteiger partial charge in [0.1, 0.15) is 18.1 Å². The Bertz CT molecular complexity index is 1420. The third kappa shape index (κ3) is 7.28. The zero-order valence-electron chi connectivity index (χ0n) is 22.3. The Balaban J connectivity index is 1.55. The fourth-order valence-electron chi connectivity index (χ4n) is 5.11. The number of aromatic amines is 1. The molecule has 1 saturated heterocycles. The van der Waals surface area contributed by atoms with Crippen molar-refractivity contribution in [3.8, 4) is 0 Å². The Morgan fingerprint density at radius 1 is 0.951 bits per heavy atom. The van der Waals surface area contributed by atoms with Gasteiger partial charge in [-0.2, -0.15) is 0 Å². The zero-order valence-corrected chi connectivity index (χ0v) is 22.3. The molecule has 12 heteroatoms. The van der Waals surface area contributed by atoms with Gasteiger partial charge in [0, 0.05) is 30.1 Å². The van der Waals surface area contributed by atoms with Gasteiger partial charge in [-0.05, 0) is 36.5 Å². The molecule has 1 fully saturated rings. The van der Waals surface area contributed by atoms with E-state index in [9.17, 15) is 29.1 Å². The van der Waals surface area contributed by atoms with Gasteiger partial charge in [-0.1, -0.05) is 48.5 Å². The van der Waals surface area contributed by atoms with Crippen molar-refractivity contribution < 1.29 is 34.2 Å². The number of hydrogen-bond acceptors (Lipinski definition) is 6. The van der Waals surface area contributed by atoms with Gasteiger partial charge >= 0.3 is 11.9 Å². The summed E-state index contributed by atoms with van der Waals surface area (Å²) in [6.07, 6.45) is 2.07. The summed E-state index contributed by atoms with van der Waals surface area (Å²) >= 11 is 0. The van der Waals surface area contributed by atoms with E-state index in [1.807, 2.05) is 54.6 Å². The minimum absolute atomic E-state index is 0.119. The number of amides is 3. The lowest BCUT2D eigenvalue weighted by Gasteiger charge is -2.30. The predicted molar refractivity (Wildman–Crippen MR) is 149 cm³/mol. The quantitative estimate of drug-likeness (QED) is 0.186. The second kappa shape index (κ2) is 13.1. The first-order valence-corrected chi connectivity index (χ1v) is 13.3. The lowest BCUT2D eigenvalue weighted by Crippen LogP contribution is -2.57. The molecular weight excluding hydrogens is 530 g/mol. The van der Waals surface area contributed by atoms with Gasteiger partial charge in [0.05, 0.1) is 12.5 Å². The minimum Gasteiger partial charge on any atom is -0.481 e. The molecule has 2 aromatic carbocycles. The average molecular weight is 564 g/mol. The molecule has 0 spiro atoms. The maximum Gasteiger partial charge on any atom is 0.326 e. The zero-order chi connectivity index (χ0) is 29.5. The highest BCUT2D eigenvalue weighted by Gasteiger charge is 2.39. The van der Waals surface area contributed by atoms with Gasteiger partial charge in [-0.3, -0.25) is 19.2 Å². The van der Waals surface area contributed by atoms with Crippen LogP contribution in [0, 0.1) is 0 Å². The van der Waals surface area contributed by atoms with Crippen LogP contribution >= 0.6 is 0 Å². The summed E-state index contributed by atoms with van der Waals surface area (Å²) in [4.78, 5) is 67.2. The summed E-state index contributed by atoms with van der Waals surface area (Å²) in [7, 11) is 0. The standard InChI is InChI=1S/C29H33N5O7/c30-20(13-17-7-2-1-3-8-17)26(37)32-22(14-18-16-31-21-10-5-4-9-19(18)21)28(39)34-12-6-11-24(34)27(38)33-23(29(40)41)15-25(35)36/h1-5,7-10,16,20,22-24,31H,6,11-15,30H2,(H,32,37)(H,33,38)(H,35,36)(H,40,41). The number of carboxylic acids is 2. The van der Waals surface area contributed by atoms with E-state index in [0.717, 1.165) is 22.0 Å². The maximum absolute atomic E-state index is 13.9. The van der Waals surface area contributed by atoms with Crippen molar-refractivity contribution in [3.05, 3.63) is 71.9 Å². The van der Waals surface area contributed by atoms with Crippen LogP contribution < -0.4 is 16.4 Å². The smallest absolute Gasteiger partial charge is 0.326 e. The summed E-state index contributed by atoms with van der Waals surface area (Å²) in [5, 5.41) is 24.3. The molecule has 0 radical (unpaired) electrons. The second-order valence-electron chi connectivity index (χ2n) is 10.1. The number of hydrogen-bond donors (Lipinski definition) is 6. The molecule has 216 valence electrons. The molecule has 4 unspecified atom stereocenters. The van der Waals surface area contributed by atoms with Crippen LogP contribution in [0.3, 0.4) is 0 Å². The lowest BCUT2D eigenvalue weighted by atomic mass is 10.0. The molecule has 0 bridgehead atoms. The van der Waals surface area contributed by atoms with E-state index in [2.05, 4.69) is 15.6 Å². The van der Waals surface area contributed by atoms with E-state index in [4.69, 9.17) is 10.8 Å². The van der Waals surface area contributed by atoms with Gasteiger partial charge in [0.2, 0.25) is 17.7 Å². The van der Waals surface area contributed by atoms with Crippen LogP contribution in [0.2, 0.25) is 0 Å². The number of benzene rings is 2. The monoisotopic (exact) mass is 563 g/mol. The molecule has 1 aliphatic rings. The number of aliphatic carboxylic acids is 2. The Labute approximate surface area is 235 Å². The van der Waals surface area contributed by atoms with Crippen LogP contribution in [0.5, 0.6) is 0 Å². The SMILES string of the molecule is NC(Cc1ccccc1)C(=O)NC(Cc1c[nH]c2ccccc12)C(=O)N1CCCC1C(=O)NC(CC(=O)O)C(=O)O. The first-order chi connectivity index (χ1) is 19.6. The molecule has 2 heterocycles. The molecule has 4 rings (SSSR count). The third-order valence-corrected chi connectivity index (χ3v) is 7.18. The predicted octanol–water partition coefficient (Wildman–Crippen LogP) is 0.800. The van der Waals surface area contributed by atoms with Gasteiger partial charge < -0.3 is 36.5 Å². The Morgan fingerprint density at radius 3 is 2.37 bits per heavy atom. The van der Waals surface area contributed by atoms with Crippen LogP contribution in [0.15, 0.2) is 60.8 Å². The number of para-hydroxylation sites is 1. The minimum atomic E-state index is -1.64. The van der Waals surface area contributed by atoms with Crippen molar-refractivity contribution in [3.63, 3.8) is 0 Å². The molecule has 41 heavy (non-hydrogen) atoms. The lowest BCUT2D eigenvalue weighted by molar-refractivity contribution is -0.148. The van der Waals surface area contributed by atoms with E-state index in [1.54, 1.807) is 6.20 Å². The molecule has 3 amide bonds. The van der Waals surface area contributed by atoms with Crippen molar-refractivity contribution in [2.24, 2.45) is 5.73 Å². The molecule has 4 atom stereocenters. The van der Waals surface area contributed by atoms with Crippen LogP contribution in [-0.4, -0.2) is 80.5 Å². The second-order valence-corrected chi connectivity index (χ2v) is 10.1. The molecular formula is C29H33N5O7. The first-order valence-electron chi connectivity index (χ1n) is 13.3. The number of nitrogens with zero attached hydrogens (tertiary/aromatic N) is 1. The Hall–Kier alpha value is -4.71. The number of likely N-dealkylation sites (tertiary alicyclic amines) is 1. The third-order valence-electron chi connectivity index (χ3n) is 7.18. The number of H-pyrrole nitrogens is 1. The summed E-state index contributed by atoms with van der Waals surface area (Å²) in [6.45, 7) is 0.212. The van der Waals surface area contributed by atoms with Crippen molar-refractivity contribution in [2.45, 2.75) is 56.3 Å². The number of aromatic nitrogens is 1. The van der Waals surface area contributed by atoms with Crippen LogP contribution in [-0.2, 0) is 36.8 Å². The number of carbonyl (C=O) groups excluding carboxylic acids is 3. The highest BCUT2D eigenvalue weighted by atomic mass is 16.4. The van der Waals surface area contributed by atoms with E-state index < -0.39 is 60.2 Å². The number of carbonyl (C=O) groups is 5. The molecule has 0 aliphatic carbocycles. The van der Waals surface area contributed by atoms with Gasteiger partial charge in [0.25, 0.3) is 0 Å². The number of nitrogens with one attached hydrogen (secondary N) is 3. The summed E-state index contributed by atoms with van der Waals surface area (Å²) in [5.74, 6) is -4.68. The molecule has 7 N–H and O–H groups in total. The largest absolute Gasteiger partial charge is 0.481 e. The van der Waals surface area contributed by atoms with E-state index in [1.165, 1.54) is 4.90 Å². The molecule has 1 aromatic heterocycles. The van der Waals surface area contributed by atoms with Crippen LogP contribution in [0.4, 0.5) is 0 Å². The fraction of sp³-hybridized carbons (Fsp3) is 0.345. The maximum atomic E-state index is 13.9. The number of rotatable bonds is 12. The number of nitrogens with two attached hydrogens (primary N) is 1. The average Bonchev–Trinajstić information content (AvgIpc) is 3.60. The Kier molecular flexibility index (Phi) is 9.35. The molecule has 0 saturated carbocycles. The van der Waals surface area contributed by atoms with E-state index in [0.29, 0.717) is 6.42 Å². The molecule has 1 aliphatic heterocycles. The number of fused-ring (bicyclic) bond motifs is 1. The molecule has 3 aromatic rings. The topological polar surface area (TPSA) is 195 Å². The summed E-state index contributed by atoms with van der Waals surface area (Å²) < 4.78 is 0. The van der Waals surface area contributed by atoms with Crippen molar-refractivity contribution in [2.75, 3.05) is 6.54 Å². The summed E-state index contributed by atoms with van der Waals surface area (Å²) in [6, 6.07) is 12.1. The van der Waals surface area contributed by atoms with E-state index in [-0.39, 0.29) is 25.8 Å². The van der Waals surface area contributed by atoms with Crippen LogP contribution in [0.1, 0.15) is 30.4 Å². The first kappa shape index (κ1) is 29.3. The van der Waals surface area contributed by atoms with Gasteiger partial charge in [-0.25, -0.2) is 4.79 Å². The summed E-state index contributed by atoms with van der Waals surface area (Å²) in [5.41, 5.74) is 8.70. The normalized spacial score (nSPS) is 17.0. The van der Waals surface area contributed by atoms with Crippen molar-refractivity contribution in [1.82, 2.24) is 20.5 Å². The van der Waals surface area contributed by atoms with E-state index >= 15 is 0 Å². The van der Waals surface area contributed by atoms with Gasteiger partial charge in [-0.15, -0.1) is 0 Å². The van der Waals surface area contributed by atoms with Crippen molar-refractivity contribution >= 4 is 40.6 Å². The highest BCUT2D eigenvalue weighted by molar-refractivity contribution is 5.95.